The van der Waals surface area contributed by atoms with E-state index < -0.39 is 0 Å². The summed E-state index contributed by atoms with van der Waals surface area (Å²) >= 11 is 0. The van der Waals surface area contributed by atoms with Crippen LogP contribution in [0.3, 0.4) is 0 Å². The van der Waals surface area contributed by atoms with Crippen LogP contribution in [0.2, 0.25) is 0 Å². The molecular weight excluding hydrogens is 266 g/mol. The van der Waals surface area contributed by atoms with Gasteiger partial charge in [0.05, 0.1) is 12.7 Å². The zero-order valence-electron chi connectivity index (χ0n) is 13.0. The molecule has 0 heterocycles. The molecule has 1 rings (SSSR count). The van der Waals surface area contributed by atoms with Gasteiger partial charge in [0.2, 0.25) is 0 Å². The van der Waals surface area contributed by atoms with E-state index in [9.17, 15) is 4.79 Å². The molecule has 114 valence electrons. The number of carbonyl (C=O) groups excluding carboxylic acids is 1. The Balaban J connectivity index is 3.08. The summed E-state index contributed by atoms with van der Waals surface area (Å²) in [5, 5.41) is 8.81. The zero-order chi connectivity index (χ0) is 15.7. The fraction of sp³-hybridized carbons (Fsp3) is 0.471. The summed E-state index contributed by atoms with van der Waals surface area (Å²) in [6.45, 7) is 5.38. The summed E-state index contributed by atoms with van der Waals surface area (Å²) in [5.74, 6) is 6.01. The van der Waals surface area contributed by atoms with Crippen LogP contribution in [0.5, 0.6) is 5.75 Å². The molecule has 1 N–H and O–H groups in total. The molecule has 1 amide bonds. The first-order valence-electron chi connectivity index (χ1n) is 7.24. The van der Waals surface area contributed by atoms with Crippen LogP contribution in [-0.4, -0.2) is 42.7 Å². The second kappa shape index (κ2) is 9.04. The van der Waals surface area contributed by atoms with Crippen molar-refractivity contribution >= 4 is 5.91 Å². The number of nitrogens with zero attached hydrogens (tertiary/aromatic N) is 1. The highest BCUT2D eigenvalue weighted by Crippen LogP contribution is 2.20. The van der Waals surface area contributed by atoms with Gasteiger partial charge in [0.25, 0.3) is 5.91 Å². The van der Waals surface area contributed by atoms with E-state index in [1.165, 1.54) is 0 Å². The first-order chi connectivity index (χ1) is 10.2. The van der Waals surface area contributed by atoms with Crippen LogP contribution in [0.25, 0.3) is 0 Å². The summed E-state index contributed by atoms with van der Waals surface area (Å²) in [6.07, 6.45) is 1.86. The molecule has 0 atom stereocenters. The Kier molecular flexibility index (Phi) is 7.34. The Morgan fingerprint density at radius 3 is 2.48 bits per heavy atom. The Morgan fingerprint density at radius 1 is 1.29 bits per heavy atom. The average Bonchev–Trinajstić information content (AvgIpc) is 2.51. The fourth-order valence-corrected chi connectivity index (χ4v) is 2.11. The van der Waals surface area contributed by atoms with Crippen molar-refractivity contribution in [2.24, 2.45) is 0 Å². The van der Waals surface area contributed by atoms with Crippen molar-refractivity contribution in [3.05, 3.63) is 29.3 Å². The van der Waals surface area contributed by atoms with Crippen molar-refractivity contribution in [3.8, 4) is 17.6 Å². The molecule has 0 aliphatic carbocycles. The average molecular weight is 289 g/mol. The number of rotatable bonds is 6. The van der Waals surface area contributed by atoms with Gasteiger partial charge in [0.1, 0.15) is 12.4 Å². The molecule has 0 radical (unpaired) electrons. The minimum absolute atomic E-state index is 0.00778. The van der Waals surface area contributed by atoms with Gasteiger partial charge in [-0.25, -0.2) is 0 Å². The summed E-state index contributed by atoms with van der Waals surface area (Å²) in [7, 11) is 1.56. The van der Waals surface area contributed by atoms with Crippen LogP contribution < -0.4 is 4.74 Å². The molecule has 0 saturated heterocycles. The smallest absolute Gasteiger partial charge is 0.253 e. The summed E-state index contributed by atoms with van der Waals surface area (Å²) < 4.78 is 5.22. The molecule has 0 fully saturated rings. The first kappa shape index (κ1) is 17.1. The number of benzene rings is 1. The SMILES string of the molecule is CCCN(CCC)C(=O)c1ccc(OC)c(C#CCO)c1. The lowest BCUT2D eigenvalue weighted by Crippen LogP contribution is -2.32. The highest BCUT2D eigenvalue weighted by atomic mass is 16.5. The molecule has 0 spiro atoms. The largest absolute Gasteiger partial charge is 0.495 e. The van der Waals surface area contributed by atoms with Gasteiger partial charge in [-0.05, 0) is 31.0 Å². The van der Waals surface area contributed by atoms with Gasteiger partial charge in [-0.3, -0.25) is 4.79 Å². The number of aliphatic hydroxyl groups is 1. The van der Waals surface area contributed by atoms with Crippen molar-refractivity contribution in [1.82, 2.24) is 4.90 Å². The highest BCUT2D eigenvalue weighted by molar-refractivity contribution is 5.94. The maximum atomic E-state index is 12.5. The second-order valence-electron chi connectivity index (χ2n) is 4.67. The minimum Gasteiger partial charge on any atom is -0.495 e. The van der Waals surface area contributed by atoms with Crippen LogP contribution in [0.1, 0.15) is 42.6 Å². The molecular formula is C17H23NO3. The number of hydrogen-bond acceptors (Lipinski definition) is 3. The van der Waals surface area contributed by atoms with E-state index in [4.69, 9.17) is 9.84 Å². The predicted molar refractivity (Wildman–Crippen MR) is 83.4 cm³/mol. The quantitative estimate of drug-likeness (QED) is 0.818. The molecule has 0 saturated carbocycles. The molecule has 4 nitrogen and oxygen atoms in total. The van der Waals surface area contributed by atoms with Gasteiger partial charge < -0.3 is 14.7 Å². The van der Waals surface area contributed by atoms with Gasteiger partial charge in [-0.2, -0.15) is 0 Å². The van der Waals surface area contributed by atoms with Crippen molar-refractivity contribution in [2.75, 3.05) is 26.8 Å². The Bertz CT molecular complexity index is 523. The topological polar surface area (TPSA) is 49.8 Å². The molecule has 0 aliphatic heterocycles. The van der Waals surface area contributed by atoms with E-state index in [0.717, 1.165) is 25.9 Å². The van der Waals surface area contributed by atoms with Crippen LogP contribution in [0.15, 0.2) is 18.2 Å². The maximum Gasteiger partial charge on any atom is 0.253 e. The third kappa shape index (κ3) is 4.80. The molecule has 21 heavy (non-hydrogen) atoms. The van der Waals surface area contributed by atoms with E-state index >= 15 is 0 Å². The van der Waals surface area contributed by atoms with Crippen LogP contribution in [0, 0.1) is 11.8 Å². The molecule has 0 aromatic heterocycles. The van der Waals surface area contributed by atoms with Gasteiger partial charge in [-0.1, -0.05) is 25.7 Å². The standard InChI is InChI=1S/C17H23NO3/c1-4-10-18(11-5-2)17(20)15-8-9-16(21-3)14(13-15)7-6-12-19/h8-9,13,19H,4-5,10-12H2,1-3H3. The summed E-state index contributed by atoms with van der Waals surface area (Å²) in [5.41, 5.74) is 1.21. The molecule has 0 unspecified atom stereocenters. The lowest BCUT2D eigenvalue weighted by Gasteiger charge is -2.21. The van der Waals surface area contributed by atoms with E-state index in [1.807, 2.05) is 4.90 Å². The molecule has 0 aliphatic rings. The molecule has 1 aromatic rings. The maximum absolute atomic E-state index is 12.5. The van der Waals surface area contributed by atoms with E-state index in [-0.39, 0.29) is 12.5 Å². The van der Waals surface area contributed by atoms with Crippen LogP contribution in [-0.2, 0) is 0 Å². The lowest BCUT2D eigenvalue weighted by molar-refractivity contribution is 0.0755. The highest BCUT2D eigenvalue weighted by Gasteiger charge is 2.15. The number of carbonyl (C=O) groups is 1. The lowest BCUT2D eigenvalue weighted by atomic mass is 10.1. The molecule has 0 bridgehead atoms. The Morgan fingerprint density at radius 2 is 1.95 bits per heavy atom. The monoisotopic (exact) mass is 289 g/mol. The number of hydrogen-bond donors (Lipinski definition) is 1. The zero-order valence-corrected chi connectivity index (χ0v) is 13.0. The second-order valence-corrected chi connectivity index (χ2v) is 4.67. The number of amides is 1. The number of aliphatic hydroxyl groups excluding tert-OH is 1. The van der Waals surface area contributed by atoms with Gasteiger partial charge in [-0.15, -0.1) is 0 Å². The van der Waals surface area contributed by atoms with Crippen molar-refractivity contribution in [1.29, 1.82) is 0 Å². The van der Waals surface area contributed by atoms with Crippen molar-refractivity contribution in [2.45, 2.75) is 26.7 Å². The van der Waals surface area contributed by atoms with Gasteiger partial charge >= 0.3 is 0 Å². The number of ether oxygens (including phenoxy) is 1. The van der Waals surface area contributed by atoms with Gasteiger partial charge in [0, 0.05) is 18.7 Å². The predicted octanol–water partition coefficient (Wildman–Crippen LogP) is 2.30. The van der Waals surface area contributed by atoms with Gasteiger partial charge in [0.15, 0.2) is 0 Å². The third-order valence-electron chi connectivity index (χ3n) is 3.02. The minimum atomic E-state index is -0.223. The Hall–Kier alpha value is -1.99. The Labute approximate surface area is 126 Å². The molecule has 4 heteroatoms. The normalized spacial score (nSPS) is 9.71. The summed E-state index contributed by atoms with van der Waals surface area (Å²) in [6, 6.07) is 5.22. The van der Waals surface area contributed by atoms with Crippen molar-refractivity contribution in [3.63, 3.8) is 0 Å². The van der Waals surface area contributed by atoms with Crippen molar-refractivity contribution < 1.29 is 14.6 Å². The number of methoxy groups -OCH3 is 1. The van der Waals surface area contributed by atoms with Crippen LogP contribution >= 0.6 is 0 Å². The fourth-order valence-electron chi connectivity index (χ4n) is 2.11. The van der Waals surface area contributed by atoms with E-state index in [0.29, 0.717) is 16.9 Å². The summed E-state index contributed by atoms with van der Waals surface area (Å²) in [4.78, 5) is 14.4. The third-order valence-corrected chi connectivity index (χ3v) is 3.02. The molecule has 1 aromatic carbocycles. The van der Waals surface area contributed by atoms with E-state index in [1.54, 1.807) is 25.3 Å². The first-order valence-corrected chi connectivity index (χ1v) is 7.24. The van der Waals surface area contributed by atoms with E-state index in [2.05, 4.69) is 25.7 Å². The van der Waals surface area contributed by atoms with Crippen LogP contribution in [0.4, 0.5) is 0 Å².